The Labute approximate surface area is 123 Å². The lowest BCUT2D eigenvalue weighted by atomic mass is 9.57. The number of Topliss-reactive ketones (excluding diaryl/α,β-unsaturated/α-hetero) is 1. The summed E-state index contributed by atoms with van der Waals surface area (Å²) in [4.78, 5) is 12.2. The highest BCUT2D eigenvalue weighted by atomic mass is 16.7. The zero-order valence-corrected chi connectivity index (χ0v) is 11.8. The van der Waals surface area contributed by atoms with Crippen molar-refractivity contribution in [1.82, 2.24) is 0 Å². The number of ether oxygens (including phenoxy) is 2. The van der Waals surface area contributed by atoms with Gasteiger partial charge < -0.3 is 9.47 Å². The van der Waals surface area contributed by atoms with Crippen LogP contribution in [0.1, 0.15) is 31.1 Å². The molecule has 1 aromatic rings. The molecule has 5 aliphatic rings. The SMILES string of the molecule is O=C1CC[C@@]23C=C[C@@H](C[C@@H]12)[C@@H]1O[C@H](c2ccccc2)O[C@@H]13. The number of ketones is 1. The second-order valence-electron chi connectivity index (χ2n) is 6.79. The summed E-state index contributed by atoms with van der Waals surface area (Å²) in [5.74, 6) is 0.916. The summed E-state index contributed by atoms with van der Waals surface area (Å²) < 4.78 is 12.6. The van der Waals surface area contributed by atoms with E-state index in [2.05, 4.69) is 12.2 Å². The number of hydrogen-bond acceptors (Lipinski definition) is 3. The minimum atomic E-state index is -0.282. The molecule has 1 spiro atoms. The van der Waals surface area contributed by atoms with Crippen molar-refractivity contribution in [2.75, 3.05) is 0 Å². The standard InChI is InChI=1S/C18H18O3/c19-14-7-9-18-8-6-12(10-13(14)18)15-16(18)21-17(20-15)11-4-2-1-3-5-11/h1-6,8,12-13,15-17H,7,9-10H2/t12-,13-,15-,16-,17-,18-/m0/s1. The summed E-state index contributed by atoms with van der Waals surface area (Å²) in [6.07, 6.45) is 6.99. The summed E-state index contributed by atoms with van der Waals surface area (Å²) in [7, 11) is 0. The van der Waals surface area contributed by atoms with Crippen molar-refractivity contribution in [3.05, 3.63) is 48.0 Å². The molecule has 4 aliphatic carbocycles. The van der Waals surface area contributed by atoms with Crippen LogP contribution in [0.5, 0.6) is 0 Å². The molecule has 0 aromatic heterocycles. The van der Waals surface area contributed by atoms with E-state index in [1.165, 1.54) is 0 Å². The molecule has 3 nitrogen and oxygen atoms in total. The van der Waals surface area contributed by atoms with E-state index in [0.29, 0.717) is 18.1 Å². The molecular weight excluding hydrogens is 264 g/mol. The molecule has 2 bridgehead atoms. The Balaban J connectivity index is 1.52. The Morgan fingerprint density at radius 3 is 2.86 bits per heavy atom. The Kier molecular flexibility index (Phi) is 2.34. The average Bonchev–Trinajstić information content (AvgIpc) is 3.13. The highest BCUT2D eigenvalue weighted by Gasteiger charge is 2.64. The van der Waals surface area contributed by atoms with Crippen LogP contribution in [-0.4, -0.2) is 18.0 Å². The molecule has 108 valence electrons. The molecule has 0 amide bonds. The maximum absolute atomic E-state index is 12.2. The second kappa shape index (κ2) is 4.05. The largest absolute Gasteiger partial charge is 0.342 e. The third-order valence-electron chi connectivity index (χ3n) is 5.88. The molecule has 1 aliphatic heterocycles. The van der Waals surface area contributed by atoms with Crippen LogP contribution in [0.3, 0.4) is 0 Å². The van der Waals surface area contributed by atoms with Crippen LogP contribution in [0, 0.1) is 17.3 Å². The van der Waals surface area contributed by atoms with E-state index in [1.807, 2.05) is 30.3 Å². The van der Waals surface area contributed by atoms with Gasteiger partial charge in [0.05, 0.1) is 12.2 Å². The van der Waals surface area contributed by atoms with Gasteiger partial charge in [0.2, 0.25) is 0 Å². The predicted octanol–water partition coefficient (Wildman–Crippen LogP) is 3.02. The topological polar surface area (TPSA) is 35.5 Å². The molecule has 3 heteroatoms. The first kappa shape index (κ1) is 12.1. The van der Waals surface area contributed by atoms with Crippen LogP contribution >= 0.6 is 0 Å². The molecule has 0 radical (unpaired) electrons. The maximum atomic E-state index is 12.2. The van der Waals surface area contributed by atoms with E-state index < -0.39 is 0 Å². The Bertz CT molecular complexity index is 623. The predicted molar refractivity (Wildman–Crippen MR) is 76.3 cm³/mol. The highest BCUT2D eigenvalue weighted by Crippen LogP contribution is 2.61. The van der Waals surface area contributed by atoms with Gasteiger partial charge in [-0.1, -0.05) is 42.5 Å². The quantitative estimate of drug-likeness (QED) is 0.743. The van der Waals surface area contributed by atoms with Gasteiger partial charge in [-0.05, 0) is 12.8 Å². The average molecular weight is 282 g/mol. The summed E-state index contributed by atoms with van der Waals surface area (Å²) in [5, 5.41) is 0. The molecule has 3 fully saturated rings. The van der Waals surface area contributed by atoms with E-state index >= 15 is 0 Å². The lowest BCUT2D eigenvalue weighted by molar-refractivity contribution is -0.128. The normalized spacial score (nSPS) is 46.7. The van der Waals surface area contributed by atoms with E-state index in [0.717, 1.165) is 18.4 Å². The van der Waals surface area contributed by atoms with Gasteiger partial charge in [-0.2, -0.15) is 0 Å². The molecule has 1 saturated heterocycles. The number of hydrogen-bond donors (Lipinski definition) is 0. The fourth-order valence-electron chi connectivity index (χ4n) is 4.85. The van der Waals surface area contributed by atoms with E-state index in [-0.39, 0.29) is 29.8 Å². The summed E-state index contributed by atoms with van der Waals surface area (Å²) in [6, 6.07) is 10.1. The maximum Gasteiger partial charge on any atom is 0.184 e. The van der Waals surface area contributed by atoms with Crippen molar-refractivity contribution >= 4 is 5.78 Å². The second-order valence-corrected chi connectivity index (χ2v) is 6.79. The minimum absolute atomic E-state index is 0.0444. The Hall–Kier alpha value is -1.45. The number of carbonyl (C=O) groups is 1. The van der Waals surface area contributed by atoms with Gasteiger partial charge in [0.15, 0.2) is 6.29 Å². The molecule has 6 atom stereocenters. The van der Waals surface area contributed by atoms with Crippen molar-refractivity contribution in [2.24, 2.45) is 17.3 Å². The molecule has 21 heavy (non-hydrogen) atoms. The van der Waals surface area contributed by atoms with Gasteiger partial charge in [0.1, 0.15) is 5.78 Å². The van der Waals surface area contributed by atoms with Crippen LogP contribution in [-0.2, 0) is 14.3 Å². The molecule has 0 N–H and O–H groups in total. The van der Waals surface area contributed by atoms with Crippen molar-refractivity contribution in [2.45, 2.75) is 37.8 Å². The summed E-state index contributed by atoms with van der Waals surface area (Å²) >= 11 is 0. The fraction of sp³-hybridized carbons (Fsp3) is 0.500. The first-order valence-corrected chi connectivity index (χ1v) is 7.86. The number of carbonyl (C=O) groups excluding carboxylic acids is 1. The third kappa shape index (κ3) is 1.48. The van der Waals surface area contributed by atoms with E-state index in [9.17, 15) is 4.79 Å². The first-order chi connectivity index (χ1) is 10.3. The molecule has 1 heterocycles. The van der Waals surface area contributed by atoms with Gasteiger partial charge in [-0.25, -0.2) is 0 Å². The van der Waals surface area contributed by atoms with Crippen molar-refractivity contribution in [3.63, 3.8) is 0 Å². The molecule has 6 rings (SSSR count). The lowest BCUT2D eigenvalue weighted by Gasteiger charge is -2.49. The van der Waals surface area contributed by atoms with E-state index in [1.54, 1.807) is 0 Å². The van der Waals surface area contributed by atoms with Crippen LogP contribution in [0.2, 0.25) is 0 Å². The Morgan fingerprint density at radius 2 is 2.00 bits per heavy atom. The van der Waals surface area contributed by atoms with Gasteiger partial charge >= 0.3 is 0 Å². The third-order valence-corrected chi connectivity index (χ3v) is 5.88. The van der Waals surface area contributed by atoms with E-state index in [4.69, 9.17) is 9.47 Å². The van der Waals surface area contributed by atoms with Crippen LogP contribution in [0.4, 0.5) is 0 Å². The highest BCUT2D eigenvalue weighted by molar-refractivity contribution is 5.85. The van der Waals surface area contributed by atoms with Crippen LogP contribution < -0.4 is 0 Å². The molecular formula is C18H18O3. The van der Waals surface area contributed by atoms with Crippen molar-refractivity contribution < 1.29 is 14.3 Å². The summed E-state index contributed by atoms with van der Waals surface area (Å²) in [6.45, 7) is 0. The number of rotatable bonds is 1. The van der Waals surface area contributed by atoms with Gasteiger partial charge in [0, 0.05) is 29.2 Å². The zero-order valence-electron chi connectivity index (χ0n) is 11.8. The Morgan fingerprint density at radius 1 is 1.14 bits per heavy atom. The summed E-state index contributed by atoms with van der Waals surface area (Å²) in [5.41, 5.74) is 0.976. The molecule has 0 unspecified atom stereocenters. The minimum Gasteiger partial charge on any atom is -0.342 e. The number of benzene rings is 1. The van der Waals surface area contributed by atoms with Gasteiger partial charge in [0.25, 0.3) is 0 Å². The molecule has 1 aromatic carbocycles. The van der Waals surface area contributed by atoms with Crippen molar-refractivity contribution in [3.8, 4) is 0 Å². The van der Waals surface area contributed by atoms with Crippen molar-refractivity contribution in [1.29, 1.82) is 0 Å². The monoisotopic (exact) mass is 282 g/mol. The zero-order chi connectivity index (χ0) is 14.0. The van der Waals surface area contributed by atoms with Crippen LogP contribution in [0.15, 0.2) is 42.5 Å². The molecule has 2 saturated carbocycles. The lowest BCUT2D eigenvalue weighted by Crippen LogP contribution is -2.54. The van der Waals surface area contributed by atoms with Gasteiger partial charge in [-0.15, -0.1) is 0 Å². The fourth-order valence-corrected chi connectivity index (χ4v) is 4.85. The first-order valence-electron chi connectivity index (χ1n) is 7.86. The van der Waals surface area contributed by atoms with Gasteiger partial charge in [-0.3, -0.25) is 4.79 Å². The van der Waals surface area contributed by atoms with Crippen LogP contribution in [0.25, 0.3) is 0 Å². The smallest absolute Gasteiger partial charge is 0.184 e.